The van der Waals surface area contributed by atoms with E-state index in [0.717, 1.165) is 0 Å². The maximum Gasteiger partial charge on any atom is 0.236 e. The van der Waals surface area contributed by atoms with Gasteiger partial charge in [-0.05, 0) is 19.3 Å². The van der Waals surface area contributed by atoms with E-state index in [2.05, 4.69) is 4.91 Å². The van der Waals surface area contributed by atoms with E-state index < -0.39 is 0 Å². The Kier molecular flexibility index (Phi) is 3.16. The average Bonchev–Trinajstić information content (AvgIpc) is 1.91. The van der Waals surface area contributed by atoms with Gasteiger partial charge in [0.15, 0.2) is 0 Å². The fourth-order valence-electron chi connectivity index (χ4n) is 1.07. The van der Waals surface area contributed by atoms with Crippen LogP contribution in [0.2, 0.25) is 0 Å². The van der Waals surface area contributed by atoms with Gasteiger partial charge in [0.25, 0.3) is 0 Å². The first-order valence-electron chi connectivity index (χ1n) is 3.42. The Labute approximate surface area is 57.0 Å². The smallest absolute Gasteiger partial charge is 0.221 e. The summed E-state index contributed by atoms with van der Waals surface area (Å²) in [5.41, 5.74) is 0. The summed E-state index contributed by atoms with van der Waals surface area (Å²) in [7, 11) is 1.58. The largest absolute Gasteiger partial charge is 0.236 e. The van der Waals surface area contributed by atoms with Crippen molar-refractivity contribution in [1.82, 2.24) is 0 Å². The molecule has 0 saturated carbocycles. The van der Waals surface area contributed by atoms with Crippen molar-refractivity contribution in [3.05, 3.63) is 0 Å². The summed E-state index contributed by atoms with van der Waals surface area (Å²) in [6.07, 6.45) is 6.71. The molecule has 0 bridgehead atoms. The molecule has 0 N–H and O–H groups in total. The molecule has 1 aliphatic rings. The molecule has 0 aromatic carbocycles. The first-order chi connectivity index (χ1) is 4.43. The van der Waals surface area contributed by atoms with Gasteiger partial charge in [-0.2, -0.15) is 0 Å². The second-order valence-electron chi connectivity index (χ2n) is 2.28. The second kappa shape index (κ2) is 3.97. The van der Waals surface area contributed by atoms with E-state index in [0.29, 0.717) is 0 Å². The lowest BCUT2D eigenvalue weighted by Crippen LogP contribution is -1.93. The van der Waals surface area contributed by atoms with Crippen LogP contribution >= 0.6 is 7.71 Å². The number of rotatable bonds is 1. The van der Waals surface area contributed by atoms with E-state index >= 15 is 0 Å². The zero-order valence-corrected chi connectivity index (χ0v) is 6.73. The fraction of sp³-hybridized carbons (Fsp3) is 1.00. The Bertz CT molecular complexity index is 106. The molecule has 1 aliphatic heterocycles. The molecule has 1 saturated heterocycles. The predicted molar refractivity (Wildman–Crippen MR) is 39.9 cm³/mol. The molecule has 0 aromatic rings. The monoisotopic (exact) mass is 146 g/mol. The van der Waals surface area contributed by atoms with Crippen LogP contribution in [0.15, 0.2) is 4.91 Å². The minimum absolute atomic E-state index is 0.0691. The Morgan fingerprint density at radius 1 is 1.22 bits per heavy atom. The SMILES string of the molecule is CON=[P+]1CCCCC1. The first kappa shape index (κ1) is 7.17. The summed E-state index contributed by atoms with van der Waals surface area (Å²) in [6.45, 7) is 0. The lowest BCUT2D eigenvalue weighted by molar-refractivity contribution is 0.219. The van der Waals surface area contributed by atoms with Gasteiger partial charge in [-0.15, -0.1) is 0 Å². The molecule has 2 nitrogen and oxygen atoms in total. The summed E-state index contributed by atoms with van der Waals surface area (Å²) < 4.78 is 0. The van der Waals surface area contributed by atoms with Crippen molar-refractivity contribution in [2.24, 2.45) is 4.91 Å². The highest BCUT2D eigenvalue weighted by atomic mass is 31.1. The van der Waals surface area contributed by atoms with Crippen LogP contribution in [-0.2, 0) is 4.84 Å². The average molecular weight is 146 g/mol. The third-order valence-corrected chi connectivity index (χ3v) is 3.59. The summed E-state index contributed by atoms with van der Waals surface area (Å²) in [5, 5.41) is 0. The molecule has 1 rings (SSSR count). The molecule has 0 radical (unpaired) electrons. The van der Waals surface area contributed by atoms with Crippen molar-refractivity contribution >= 4 is 7.71 Å². The van der Waals surface area contributed by atoms with Gasteiger partial charge in [-0.3, -0.25) is 0 Å². The topological polar surface area (TPSA) is 21.6 Å². The highest BCUT2D eigenvalue weighted by molar-refractivity contribution is 7.47. The van der Waals surface area contributed by atoms with E-state index in [1.54, 1.807) is 7.11 Å². The predicted octanol–water partition coefficient (Wildman–Crippen LogP) is 2.40. The van der Waals surface area contributed by atoms with E-state index in [-0.39, 0.29) is 7.71 Å². The highest BCUT2D eigenvalue weighted by Gasteiger charge is 2.17. The van der Waals surface area contributed by atoms with Gasteiger partial charge >= 0.3 is 0 Å². The van der Waals surface area contributed by atoms with Crippen molar-refractivity contribution in [3.8, 4) is 0 Å². The zero-order valence-electron chi connectivity index (χ0n) is 5.84. The van der Waals surface area contributed by atoms with Gasteiger partial charge < -0.3 is 0 Å². The first-order valence-corrected chi connectivity index (χ1v) is 5.09. The third kappa shape index (κ3) is 2.42. The van der Waals surface area contributed by atoms with Crippen molar-refractivity contribution < 1.29 is 4.84 Å². The zero-order chi connectivity index (χ0) is 6.53. The van der Waals surface area contributed by atoms with E-state index in [4.69, 9.17) is 4.84 Å². The molecule has 52 valence electrons. The Balaban J connectivity index is 2.30. The molecular weight excluding hydrogens is 133 g/mol. The van der Waals surface area contributed by atoms with E-state index in [1.165, 1.54) is 31.6 Å². The van der Waals surface area contributed by atoms with Crippen LogP contribution < -0.4 is 0 Å². The highest BCUT2D eigenvalue weighted by Crippen LogP contribution is 2.33. The minimum atomic E-state index is -0.0691. The minimum Gasteiger partial charge on any atom is -0.221 e. The number of hydrogen-bond donors (Lipinski definition) is 0. The molecule has 1 fully saturated rings. The Morgan fingerprint density at radius 3 is 2.44 bits per heavy atom. The van der Waals surface area contributed by atoms with Crippen molar-refractivity contribution in [3.63, 3.8) is 0 Å². The molecule has 0 amide bonds. The Hall–Kier alpha value is 0.0600. The van der Waals surface area contributed by atoms with Gasteiger partial charge in [0.2, 0.25) is 7.71 Å². The lowest BCUT2D eigenvalue weighted by Gasteiger charge is -2.00. The summed E-state index contributed by atoms with van der Waals surface area (Å²) in [5.74, 6) is 0. The van der Waals surface area contributed by atoms with Crippen molar-refractivity contribution in [1.29, 1.82) is 0 Å². The van der Waals surface area contributed by atoms with Gasteiger partial charge in [-0.1, -0.05) is 0 Å². The molecule has 0 unspecified atom stereocenters. The maximum absolute atomic E-state index is 4.74. The summed E-state index contributed by atoms with van der Waals surface area (Å²) in [4.78, 5) is 8.78. The van der Waals surface area contributed by atoms with E-state index in [9.17, 15) is 0 Å². The molecule has 0 atom stereocenters. The normalized spacial score (nSPS) is 19.9. The van der Waals surface area contributed by atoms with Gasteiger partial charge in [0.1, 0.15) is 12.3 Å². The summed E-state index contributed by atoms with van der Waals surface area (Å²) >= 11 is 0. The molecule has 0 aliphatic carbocycles. The number of hydrogen-bond acceptors (Lipinski definition) is 2. The number of nitrogens with zero attached hydrogens (tertiary/aromatic N) is 1. The van der Waals surface area contributed by atoms with Crippen LogP contribution in [0.3, 0.4) is 0 Å². The van der Waals surface area contributed by atoms with Crippen LogP contribution in [0.5, 0.6) is 0 Å². The van der Waals surface area contributed by atoms with Crippen LogP contribution in [0, 0.1) is 0 Å². The standard InChI is InChI=1S/C6H13NOP/c1-8-7-9-5-3-2-4-6-9/h2-6H2,1H3/q+1. The molecule has 0 spiro atoms. The molecule has 0 aromatic heterocycles. The quantitative estimate of drug-likeness (QED) is 0.411. The van der Waals surface area contributed by atoms with Crippen molar-refractivity contribution in [2.45, 2.75) is 19.3 Å². The molecule has 3 heteroatoms. The lowest BCUT2D eigenvalue weighted by atomic mass is 10.3. The molecule has 9 heavy (non-hydrogen) atoms. The van der Waals surface area contributed by atoms with Crippen molar-refractivity contribution in [2.75, 3.05) is 19.4 Å². The van der Waals surface area contributed by atoms with Gasteiger partial charge in [0, 0.05) is 0 Å². The third-order valence-electron chi connectivity index (χ3n) is 1.53. The molecular formula is C6H13NOP+. The van der Waals surface area contributed by atoms with Crippen LogP contribution in [-0.4, -0.2) is 19.4 Å². The Morgan fingerprint density at radius 2 is 1.89 bits per heavy atom. The maximum atomic E-state index is 4.74. The molecule has 1 heterocycles. The summed E-state index contributed by atoms with van der Waals surface area (Å²) in [6, 6.07) is 0. The van der Waals surface area contributed by atoms with Crippen LogP contribution in [0.1, 0.15) is 19.3 Å². The van der Waals surface area contributed by atoms with Crippen LogP contribution in [0.4, 0.5) is 0 Å². The van der Waals surface area contributed by atoms with E-state index in [1.807, 2.05) is 0 Å². The van der Waals surface area contributed by atoms with Gasteiger partial charge in [-0.25, -0.2) is 4.84 Å². The van der Waals surface area contributed by atoms with Gasteiger partial charge in [0.05, 0.1) is 12.0 Å². The fourth-order valence-corrected chi connectivity index (χ4v) is 2.87. The second-order valence-corrected chi connectivity index (χ2v) is 4.35. The van der Waals surface area contributed by atoms with Crippen LogP contribution in [0.25, 0.3) is 0 Å².